The van der Waals surface area contributed by atoms with E-state index in [-0.39, 0.29) is 17.6 Å². The van der Waals surface area contributed by atoms with Gasteiger partial charge in [-0.15, -0.1) is 0 Å². The summed E-state index contributed by atoms with van der Waals surface area (Å²) in [6.07, 6.45) is 2.93. The van der Waals surface area contributed by atoms with Gasteiger partial charge in [0.05, 0.1) is 6.61 Å². The fourth-order valence-electron chi connectivity index (χ4n) is 3.61. The standard InChI is InChI=1S/C19H36N2O3/c1-18(2,3)13-20-15-9-11-23-12-14(15)16-8-7-10-21(16)17(22)24-19(4,5)6/h14-16,20H,7-13H2,1-6H3/t14-,15-,16-/m1/s1. The lowest BCUT2D eigenvalue weighted by atomic mass is 9.86. The molecule has 2 fully saturated rings. The monoisotopic (exact) mass is 340 g/mol. The molecule has 3 atom stereocenters. The molecular formula is C19H36N2O3. The third kappa shape index (κ3) is 5.62. The highest BCUT2D eigenvalue weighted by Gasteiger charge is 2.41. The van der Waals surface area contributed by atoms with E-state index in [4.69, 9.17) is 9.47 Å². The van der Waals surface area contributed by atoms with Gasteiger partial charge in [-0.3, -0.25) is 0 Å². The van der Waals surface area contributed by atoms with Gasteiger partial charge in [-0.25, -0.2) is 4.79 Å². The molecule has 0 aromatic heterocycles. The summed E-state index contributed by atoms with van der Waals surface area (Å²) in [5, 5.41) is 3.74. The van der Waals surface area contributed by atoms with Crippen molar-refractivity contribution in [2.45, 2.75) is 78.5 Å². The van der Waals surface area contributed by atoms with Crippen LogP contribution < -0.4 is 5.32 Å². The largest absolute Gasteiger partial charge is 0.444 e. The molecule has 0 unspecified atom stereocenters. The van der Waals surface area contributed by atoms with Gasteiger partial charge < -0.3 is 19.7 Å². The minimum absolute atomic E-state index is 0.176. The highest BCUT2D eigenvalue weighted by molar-refractivity contribution is 5.69. The lowest BCUT2D eigenvalue weighted by Gasteiger charge is -2.40. The van der Waals surface area contributed by atoms with Gasteiger partial charge in [-0.05, 0) is 45.4 Å². The number of ether oxygens (including phenoxy) is 2. The number of amides is 1. The maximum atomic E-state index is 12.6. The van der Waals surface area contributed by atoms with E-state index >= 15 is 0 Å². The highest BCUT2D eigenvalue weighted by atomic mass is 16.6. The number of carbonyl (C=O) groups excluding carboxylic acids is 1. The van der Waals surface area contributed by atoms with Gasteiger partial charge in [-0.2, -0.15) is 0 Å². The zero-order valence-corrected chi connectivity index (χ0v) is 16.4. The van der Waals surface area contributed by atoms with Crippen LogP contribution in [0.15, 0.2) is 0 Å². The second-order valence-electron chi connectivity index (χ2n) is 9.46. The van der Waals surface area contributed by atoms with Crippen molar-refractivity contribution in [3.63, 3.8) is 0 Å². The molecule has 0 aliphatic carbocycles. The lowest BCUT2D eigenvalue weighted by molar-refractivity contribution is -0.0176. The van der Waals surface area contributed by atoms with Crippen LogP contribution in [0.1, 0.15) is 60.8 Å². The van der Waals surface area contributed by atoms with Gasteiger partial charge in [0.25, 0.3) is 0 Å². The van der Waals surface area contributed by atoms with Gasteiger partial charge >= 0.3 is 6.09 Å². The normalized spacial score (nSPS) is 28.9. The Balaban J connectivity index is 2.03. The number of hydrogen-bond acceptors (Lipinski definition) is 4. The summed E-state index contributed by atoms with van der Waals surface area (Å²) >= 11 is 0. The summed E-state index contributed by atoms with van der Waals surface area (Å²) < 4.78 is 11.4. The molecule has 0 spiro atoms. The van der Waals surface area contributed by atoms with Gasteiger partial charge in [0.2, 0.25) is 0 Å². The number of rotatable bonds is 3. The summed E-state index contributed by atoms with van der Waals surface area (Å²) in [5.41, 5.74) is -0.194. The molecule has 5 nitrogen and oxygen atoms in total. The van der Waals surface area contributed by atoms with E-state index in [0.29, 0.717) is 12.0 Å². The summed E-state index contributed by atoms with van der Waals surface area (Å²) in [4.78, 5) is 14.5. The van der Waals surface area contributed by atoms with Crippen molar-refractivity contribution in [3.8, 4) is 0 Å². The predicted octanol–water partition coefficient (Wildman–Crippen LogP) is 3.43. The van der Waals surface area contributed by atoms with Crippen molar-refractivity contribution in [3.05, 3.63) is 0 Å². The van der Waals surface area contributed by atoms with E-state index in [1.165, 1.54) is 0 Å². The van der Waals surface area contributed by atoms with Gasteiger partial charge in [0.15, 0.2) is 0 Å². The van der Waals surface area contributed by atoms with Crippen molar-refractivity contribution in [2.75, 3.05) is 26.3 Å². The van der Waals surface area contributed by atoms with Crippen LogP contribution in [0.4, 0.5) is 4.79 Å². The third-order valence-electron chi connectivity index (χ3n) is 4.72. The topological polar surface area (TPSA) is 50.8 Å². The minimum Gasteiger partial charge on any atom is -0.444 e. The van der Waals surface area contributed by atoms with Crippen LogP contribution in [0.5, 0.6) is 0 Å². The molecule has 0 aromatic rings. The Kier molecular flexibility index (Phi) is 6.19. The first-order valence-corrected chi connectivity index (χ1v) is 9.37. The maximum absolute atomic E-state index is 12.6. The van der Waals surface area contributed by atoms with Gasteiger partial charge in [0.1, 0.15) is 5.60 Å². The molecule has 2 saturated heterocycles. The van der Waals surface area contributed by atoms with Crippen molar-refractivity contribution in [1.82, 2.24) is 10.2 Å². The van der Waals surface area contributed by atoms with Crippen molar-refractivity contribution < 1.29 is 14.3 Å². The summed E-state index contributed by atoms with van der Waals surface area (Å²) in [5.74, 6) is 0.344. The summed E-state index contributed by atoms with van der Waals surface area (Å²) in [6, 6.07) is 0.628. The van der Waals surface area contributed by atoms with Gasteiger partial charge in [-0.1, -0.05) is 20.8 Å². The molecule has 2 aliphatic rings. The zero-order valence-electron chi connectivity index (χ0n) is 16.4. The van der Waals surface area contributed by atoms with E-state index in [1.54, 1.807) is 0 Å². The van der Waals surface area contributed by atoms with E-state index < -0.39 is 5.60 Å². The number of carbonyl (C=O) groups is 1. The van der Waals surface area contributed by atoms with Crippen LogP contribution >= 0.6 is 0 Å². The molecular weight excluding hydrogens is 304 g/mol. The summed E-state index contributed by atoms with van der Waals surface area (Å²) in [6.45, 7) is 15.8. The third-order valence-corrected chi connectivity index (χ3v) is 4.72. The first-order valence-electron chi connectivity index (χ1n) is 9.37. The number of nitrogens with zero attached hydrogens (tertiary/aromatic N) is 1. The molecule has 2 rings (SSSR count). The van der Waals surface area contributed by atoms with Crippen molar-refractivity contribution in [1.29, 1.82) is 0 Å². The fourth-order valence-corrected chi connectivity index (χ4v) is 3.61. The number of nitrogens with one attached hydrogen (secondary N) is 1. The van der Waals surface area contributed by atoms with Crippen LogP contribution in [0.2, 0.25) is 0 Å². The fraction of sp³-hybridized carbons (Fsp3) is 0.947. The van der Waals surface area contributed by atoms with E-state index in [9.17, 15) is 4.79 Å². The van der Waals surface area contributed by atoms with E-state index in [1.807, 2.05) is 25.7 Å². The van der Waals surface area contributed by atoms with Crippen LogP contribution in [0.3, 0.4) is 0 Å². The average Bonchev–Trinajstić information content (AvgIpc) is 2.92. The maximum Gasteiger partial charge on any atom is 0.410 e. The number of likely N-dealkylation sites (tertiary alicyclic amines) is 1. The average molecular weight is 341 g/mol. The molecule has 0 bridgehead atoms. The molecule has 2 aliphatic heterocycles. The first-order chi connectivity index (χ1) is 11.1. The van der Waals surface area contributed by atoms with Crippen LogP contribution in [0.25, 0.3) is 0 Å². The molecule has 0 saturated carbocycles. The quantitative estimate of drug-likeness (QED) is 0.855. The van der Waals surface area contributed by atoms with Crippen LogP contribution in [-0.4, -0.2) is 55.0 Å². The highest BCUT2D eigenvalue weighted by Crippen LogP contribution is 2.31. The number of hydrogen-bond donors (Lipinski definition) is 1. The molecule has 1 N–H and O–H groups in total. The zero-order chi connectivity index (χ0) is 18.0. The summed E-state index contributed by atoms with van der Waals surface area (Å²) in [7, 11) is 0. The van der Waals surface area contributed by atoms with Crippen LogP contribution in [-0.2, 0) is 9.47 Å². The SMILES string of the molecule is CC(C)(C)CN[C@@H]1CCOC[C@H]1[C@H]1CCCN1C(=O)OC(C)(C)C. The van der Waals surface area contributed by atoms with E-state index in [2.05, 4.69) is 26.1 Å². The smallest absolute Gasteiger partial charge is 0.410 e. The molecule has 140 valence electrons. The Bertz CT molecular complexity index is 425. The predicted molar refractivity (Wildman–Crippen MR) is 96.1 cm³/mol. The Morgan fingerprint density at radius 2 is 1.92 bits per heavy atom. The Hall–Kier alpha value is -0.810. The van der Waals surface area contributed by atoms with Crippen LogP contribution in [0, 0.1) is 11.3 Å². The van der Waals surface area contributed by atoms with E-state index in [0.717, 1.165) is 45.6 Å². The van der Waals surface area contributed by atoms with Gasteiger partial charge in [0, 0.05) is 37.7 Å². The molecule has 1 amide bonds. The molecule has 0 radical (unpaired) electrons. The Labute approximate surface area is 147 Å². The molecule has 24 heavy (non-hydrogen) atoms. The molecule has 2 heterocycles. The Morgan fingerprint density at radius 1 is 1.21 bits per heavy atom. The Morgan fingerprint density at radius 3 is 2.54 bits per heavy atom. The molecule has 5 heteroatoms. The minimum atomic E-state index is -0.447. The van der Waals surface area contributed by atoms with Crippen molar-refractivity contribution in [2.24, 2.45) is 11.3 Å². The first kappa shape index (κ1) is 19.5. The van der Waals surface area contributed by atoms with Crippen molar-refractivity contribution >= 4 is 6.09 Å². The molecule has 0 aromatic carbocycles. The second-order valence-corrected chi connectivity index (χ2v) is 9.46. The lowest BCUT2D eigenvalue weighted by Crippen LogP contribution is -2.54. The second kappa shape index (κ2) is 7.61.